The monoisotopic (exact) mass is 487 g/mol. The fourth-order valence-electron chi connectivity index (χ4n) is 5.77. The molecule has 0 radical (unpaired) electrons. The van der Waals surface area contributed by atoms with Gasteiger partial charge in [-0.1, -0.05) is 36.4 Å². The number of piperidine rings is 1. The van der Waals surface area contributed by atoms with Gasteiger partial charge in [-0.2, -0.15) is 0 Å². The van der Waals surface area contributed by atoms with Gasteiger partial charge in [0.1, 0.15) is 23.6 Å². The van der Waals surface area contributed by atoms with E-state index >= 15 is 0 Å². The van der Waals surface area contributed by atoms with Crippen LogP contribution in [0, 0.1) is 23.4 Å². The highest BCUT2D eigenvalue weighted by Crippen LogP contribution is 2.47. The maximum absolute atomic E-state index is 13.6. The quantitative estimate of drug-likeness (QED) is 0.375. The minimum Gasteiger partial charge on any atom is -0.368 e. The highest BCUT2D eigenvalue weighted by Gasteiger charge is 2.46. The molecule has 5 rings (SSSR count). The van der Waals surface area contributed by atoms with Crippen LogP contribution in [0.1, 0.15) is 48.0 Å². The van der Waals surface area contributed by atoms with Crippen LogP contribution in [0.2, 0.25) is 0 Å². The molecule has 2 heterocycles. The fraction of sp³-hybridized carbons (Fsp3) is 0.357. The topological polar surface area (TPSA) is 12.5 Å². The highest BCUT2D eigenvalue weighted by molar-refractivity contribution is 5.85. The lowest BCUT2D eigenvalue weighted by molar-refractivity contribution is -0.00339. The van der Waals surface area contributed by atoms with Crippen LogP contribution in [0.15, 0.2) is 72.8 Å². The molecule has 4 atom stereocenters. The van der Waals surface area contributed by atoms with Crippen LogP contribution in [0.4, 0.5) is 13.2 Å². The first-order valence-electron chi connectivity index (χ1n) is 11.6. The number of hydrogen-bond donors (Lipinski definition) is 0. The van der Waals surface area contributed by atoms with Crippen molar-refractivity contribution >= 4 is 12.4 Å². The minimum absolute atomic E-state index is 0. The Bertz CT molecular complexity index is 1030. The van der Waals surface area contributed by atoms with Crippen molar-refractivity contribution in [1.82, 2.24) is 4.90 Å². The molecule has 0 amide bonds. The van der Waals surface area contributed by atoms with Crippen molar-refractivity contribution < 1.29 is 17.9 Å². The Labute approximate surface area is 205 Å². The summed E-state index contributed by atoms with van der Waals surface area (Å²) in [5.74, 6) is -0.322. The van der Waals surface area contributed by atoms with Gasteiger partial charge in [0.2, 0.25) is 0 Å². The summed E-state index contributed by atoms with van der Waals surface area (Å²) >= 11 is 0. The number of benzene rings is 3. The molecule has 2 bridgehead atoms. The summed E-state index contributed by atoms with van der Waals surface area (Å²) in [5, 5.41) is 0. The molecule has 2 aliphatic heterocycles. The van der Waals surface area contributed by atoms with E-state index in [0.717, 1.165) is 36.0 Å². The van der Waals surface area contributed by atoms with E-state index in [1.807, 2.05) is 12.1 Å². The Hall–Kier alpha value is -2.34. The number of hydrogen-bond acceptors (Lipinski definition) is 2. The third-order valence-electron chi connectivity index (χ3n) is 7.53. The van der Waals surface area contributed by atoms with Gasteiger partial charge < -0.3 is 9.64 Å². The lowest BCUT2D eigenvalue weighted by Crippen LogP contribution is -2.47. The number of ether oxygens (including phenoxy) is 1. The van der Waals surface area contributed by atoms with E-state index in [-0.39, 0.29) is 41.7 Å². The van der Waals surface area contributed by atoms with Gasteiger partial charge >= 0.3 is 0 Å². The lowest BCUT2D eigenvalue weighted by atomic mass is 9.76. The fourth-order valence-corrected chi connectivity index (χ4v) is 5.77. The minimum atomic E-state index is -0.426. The first kappa shape index (κ1) is 24.8. The van der Waals surface area contributed by atoms with Gasteiger partial charge in [-0.3, -0.25) is 0 Å². The summed E-state index contributed by atoms with van der Waals surface area (Å²) in [6, 6.07) is 20.4. The largest absolute Gasteiger partial charge is 0.368 e. The molecule has 0 N–H and O–H groups in total. The van der Waals surface area contributed by atoms with Crippen LogP contribution in [0.25, 0.3) is 0 Å². The molecule has 180 valence electrons. The van der Waals surface area contributed by atoms with Crippen molar-refractivity contribution in [2.24, 2.45) is 5.92 Å². The molecule has 0 aliphatic carbocycles. The molecule has 3 aromatic carbocycles. The van der Waals surface area contributed by atoms with Crippen molar-refractivity contribution in [3.05, 3.63) is 107 Å². The molecule has 3 unspecified atom stereocenters. The smallest absolute Gasteiger partial charge is 0.123 e. The van der Waals surface area contributed by atoms with Crippen LogP contribution in [0.3, 0.4) is 0 Å². The third kappa shape index (κ3) is 5.02. The second-order valence-corrected chi connectivity index (χ2v) is 9.34. The van der Waals surface area contributed by atoms with E-state index in [2.05, 4.69) is 11.9 Å². The van der Waals surface area contributed by atoms with Crippen molar-refractivity contribution in [2.45, 2.75) is 43.4 Å². The lowest BCUT2D eigenvalue weighted by Gasteiger charge is -2.43. The maximum Gasteiger partial charge on any atom is 0.123 e. The standard InChI is InChI=1S/C28H28F3NO.ClH/c1-32-24-14-15-27(32)26(25(16-24)18-2-8-21(29)9-3-18)17-33-28(19-4-10-22(30)11-5-19)20-6-12-23(31)13-7-20;/h2-13,24-28H,14-17H2,1H3;1H/t24?,25?,26-,27?;/m0./s1. The van der Waals surface area contributed by atoms with Gasteiger partial charge in [0, 0.05) is 18.0 Å². The molecule has 6 heteroatoms. The van der Waals surface area contributed by atoms with Gasteiger partial charge in [-0.05, 0) is 85.3 Å². The molecule has 2 saturated heterocycles. The Kier molecular flexibility index (Phi) is 7.66. The molecule has 2 aliphatic rings. The van der Waals surface area contributed by atoms with E-state index in [0.29, 0.717) is 18.7 Å². The summed E-state index contributed by atoms with van der Waals surface area (Å²) in [6.45, 7) is 0.503. The highest BCUT2D eigenvalue weighted by atomic mass is 35.5. The molecule has 3 aromatic rings. The molecule has 0 spiro atoms. The Morgan fingerprint density at radius 3 is 1.82 bits per heavy atom. The van der Waals surface area contributed by atoms with Crippen molar-refractivity contribution in [3.8, 4) is 0 Å². The molecule has 0 saturated carbocycles. The van der Waals surface area contributed by atoms with Crippen LogP contribution in [0.5, 0.6) is 0 Å². The van der Waals surface area contributed by atoms with E-state index < -0.39 is 6.10 Å². The first-order valence-corrected chi connectivity index (χ1v) is 11.6. The maximum atomic E-state index is 13.6. The summed E-state index contributed by atoms with van der Waals surface area (Å²) in [4.78, 5) is 2.47. The number of rotatable bonds is 6. The number of halogens is 4. The van der Waals surface area contributed by atoms with Gasteiger partial charge in [0.15, 0.2) is 0 Å². The summed E-state index contributed by atoms with van der Waals surface area (Å²) in [7, 11) is 2.19. The van der Waals surface area contributed by atoms with Crippen molar-refractivity contribution in [1.29, 1.82) is 0 Å². The Morgan fingerprint density at radius 1 is 0.794 bits per heavy atom. The Balaban J connectivity index is 0.00000274. The zero-order valence-corrected chi connectivity index (χ0v) is 19.9. The SMILES string of the molecule is CN1C2CCC1[C@@H](COC(c1ccc(F)cc1)c1ccc(F)cc1)C(c1ccc(F)cc1)C2.Cl. The number of fused-ring (bicyclic) bond motifs is 2. The number of nitrogens with zero attached hydrogens (tertiary/aromatic N) is 1. The molecular formula is C28H29ClF3NO. The second-order valence-electron chi connectivity index (χ2n) is 9.34. The van der Waals surface area contributed by atoms with Gasteiger partial charge in [-0.25, -0.2) is 13.2 Å². The summed E-state index contributed by atoms with van der Waals surface area (Å²) in [6.07, 6.45) is 2.87. The predicted molar refractivity (Wildman–Crippen MR) is 130 cm³/mol. The van der Waals surface area contributed by atoms with E-state index in [1.54, 1.807) is 24.3 Å². The Morgan fingerprint density at radius 2 is 1.29 bits per heavy atom. The predicted octanol–water partition coefficient (Wildman–Crippen LogP) is 6.90. The van der Waals surface area contributed by atoms with Crippen molar-refractivity contribution in [2.75, 3.05) is 13.7 Å². The third-order valence-corrected chi connectivity index (χ3v) is 7.53. The summed E-state index contributed by atoms with van der Waals surface area (Å²) in [5.41, 5.74) is 2.81. The molecular weight excluding hydrogens is 459 g/mol. The van der Waals surface area contributed by atoms with Gasteiger partial charge in [-0.15, -0.1) is 12.4 Å². The van der Waals surface area contributed by atoms with Gasteiger partial charge in [0.25, 0.3) is 0 Å². The van der Waals surface area contributed by atoms with Gasteiger partial charge in [0.05, 0.1) is 6.61 Å². The van der Waals surface area contributed by atoms with Crippen LogP contribution >= 0.6 is 12.4 Å². The van der Waals surface area contributed by atoms with Crippen LogP contribution < -0.4 is 0 Å². The average molecular weight is 488 g/mol. The molecule has 0 aromatic heterocycles. The molecule has 2 nitrogen and oxygen atoms in total. The first-order chi connectivity index (χ1) is 16.0. The van der Waals surface area contributed by atoms with E-state index in [1.165, 1.54) is 36.4 Å². The average Bonchev–Trinajstić information content (AvgIpc) is 3.06. The van der Waals surface area contributed by atoms with E-state index in [4.69, 9.17) is 4.74 Å². The molecule has 34 heavy (non-hydrogen) atoms. The zero-order chi connectivity index (χ0) is 22.9. The van der Waals surface area contributed by atoms with Crippen molar-refractivity contribution in [3.63, 3.8) is 0 Å². The molecule has 2 fully saturated rings. The van der Waals surface area contributed by atoms with Crippen LogP contribution in [-0.4, -0.2) is 30.6 Å². The van der Waals surface area contributed by atoms with Crippen LogP contribution in [-0.2, 0) is 4.74 Å². The second kappa shape index (κ2) is 10.5. The normalized spacial score (nSPS) is 24.3. The van der Waals surface area contributed by atoms with E-state index in [9.17, 15) is 13.2 Å². The summed E-state index contributed by atoms with van der Waals surface area (Å²) < 4.78 is 47.3. The zero-order valence-electron chi connectivity index (χ0n) is 19.0.